The maximum absolute atomic E-state index is 12.7. The smallest absolute Gasteiger partial charge is 0.410 e. The highest BCUT2D eigenvalue weighted by Gasteiger charge is 2.32. The number of hydrogen-bond donors (Lipinski definition) is 2. The van der Waals surface area contributed by atoms with Crippen molar-refractivity contribution in [3.8, 4) is 5.75 Å². The van der Waals surface area contributed by atoms with Crippen LogP contribution in [0, 0.1) is 5.82 Å². The number of carbonyl (C=O) groups is 3. The van der Waals surface area contributed by atoms with Crippen molar-refractivity contribution >= 4 is 17.9 Å². The Morgan fingerprint density at radius 3 is 2.64 bits per heavy atom. The van der Waals surface area contributed by atoms with Gasteiger partial charge in [0.15, 0.2) is 0 Å². The maximum atomic E-state index is 12.7. The van der Waals surface area contributed by atoms with Gasteiger partial charge >= 0.3 is 6.09 Å². The lowest BCUT2D eigenvalue weighted by atomic mass is 10.2. The van der Waals surface area contributed by atoms with Crippen LogP contribution in [0.2, 0.25) is 0 Å². The number of nitrogens with two attached hydrogens (primary N) is 1. The van der Waals surface area contributed by atoms with E-state index >= 15 is 0 Å². The number of nitrogens with zero attached hydrogens (tertiary/aromatic N) is 1. The Kier molecular flexibility index (Phi) is 4.92. The molecule has 22 heavy (non-hydrogen) atoms. The monoisotopic (exact) mass is 309 g/mol. The van der Waals surface area contributed by atoms with Crippen LogP contribution in [0.1, 0.15) is 12.8 Å². The van der Waals surface area contributed by atoms with Gasteiger partial charge in [0.2, 0.25) is 11.8 Å². The molecule has 1 aliphatic rings. The summed E-state index contributed by atoms with van der Waals surface area (Å²) in [7, 11) is 0. The lowest BCUT2D eigenvalue weighted by molar-refractivity contribution is -0.136. The Balaban J connectivity index is 1.81. The van der Waals surface area contributed by atoms with Gasteiger partial charge in [0.25, 0.3) is 0 Å². The molecule has 3 N–H and O–H groups in total. The van der Waals surface area contributed by atoms with E-state index in [0.29, 0.717) is 19.4 Å². The summed E-state index contributed by atoms with van der Waals surface area (Å²) in [6.07, 6.45) is 0.385. The number of rotatable bonds is 4. The average molecular weight is 309 g/mol. The third-order valence-corrected chi connectivity index (χ3v) is 3.31. The second-order valence-corrected chi connectivity index (χ2v) is 4.84. The SMILES string of the molecule is NC(=O)[C@@H]1CCCN1C(=O)CNC(=O)Oc1ccc(F)cc1. The zero-order valence-electron chi connectivity index (χ0n) is 11.8. The first-order chi connectivity index (χ1) is 10.5. The maximum Gasteiger partial charge on any atom is 0.413 e. The number of carbonyl (C=O) groups excluding carboxylic acids is 3. The number of ether oxygens (including phenoxy) is 1. The Bertz CT molecular complexity index is 576. The van der Waals surface area contributed by atoms with Crippen molar-refractivity contribution in [3.63, 3.8) is 0 Å². The Morgan fingerprint density at radius 2 is 2.00 bits per heavy atom. The van der Waals surface area contributed by atoms with Gasteiger partial charge in [0.1, 0.15) is 24.2 Å². The van der Waals surface area contributed by atoms with Gasteiger partial charge in [0, 0.05) is 6.54 Å². The standard InChI is InChI=1S/C14H16FN3O4/c15-9-3-5-10(6-4-9)22-14(21)17-8-12(19)18-7-1-2-11(18)13(16)20/h3-6,11H,1-2,7-8H2,(H2,16,20)(H,17,21)/t11-/m0/s1. The van der Waals surface area contributed by atoms with Gasteiger partial charge in [-0.25, -0.2) is 9.18 Å². The fourth-order valence-electron chi connectivity index (χ4n) is 2.26. The number of benzene rings is 1. The molecule has 1 aromatic rings. The fourth-order valence-corrected chi connectivity index (χ4v) is 2.26. The summed E-state index contributed by atoms with van der Waals surface area (Å²) in [6.45, 7) is 0.130. The highest BCUT2D eigenvalue weighted by molar-refractivity contribution is 5.89. The molecule has 0 saturated carbocycles. The molecule has 7 nitrogen and oxygen atoms in total. The lowest BCUT2D eigenvalue weighted by Gasteiger charge is -2.22. The molecule has 1 saturated heterocycles. The van der Waals surface area contributed by atoms with E-state index in [2.05, 4.69) is 5.32 Å². The minimum Gasteiger partial charge on any atom is -0.410 e. The van der Waals surface area contributed by atoms with Crippen molar-refractivity contribution in [2.45, 2.75) is 18.9 Å². The minimum absolute atomic E-state index is 0.155. The molecule has 0 aliphatic carbocycles. The molecule has 1 aromatic carbocycles. The summed E-state index contributed by atoms with van der Waals surface area (Å²) in [6, 6.07) is 4.26. The van der Waals surface area contributed by atoms with E-state index in [4.69, 9.17) is 10.5 Å². The van der Waals surface area contributed by atoms with Crippen molar-refractivity contribution in [2.24, 2.45) is 5.73 Å². The Hall–Kier alpha value is -2.64. The van der Waals surface area contributed by atoms with Crippen LogP contribution in [0.15, 0.2) is 24.3 Å². The first-order valence-corrected chi connectivity index (χ1v) is 6.77. The second-order valence-electron chi connectivity index (χ2n) is 4.84. The van der Waals surface area contributed by atoms with Gasteiger partial charge < -0.3 is 20.7 Å². The number of primary amides is 1. The predicted octanol–water partition coefficient (Wildman–Crippen LogP) is 0.390. The van der Waals surface area contributed by atoms with Crippen LogP contribution >= 0.6 is 0 Å². The first kappa shape index (κ1) is 15.7. The molecule has 1 heterocycles. The summed E-state index contributed by atoms with van der Waals surface area (Å²) >= 11 is 0. The van der Waals surface area contributed by atoms with Crippen molar-refractivity contribution < 1.29 is 23.5 Å². The predicted molar refractivity (Wildman–Crippen MR) is 74.4 cm³/mol. The molecule has 0 radical (unpaired) electrons. The van der Waals surface area contributed by atoms with E-state index in [1.165, 1.54) is 17.0 Å². The van der Waals surface area contributed by atoms with Gasteiger partial charge in [-0.15, -0.1) is 0 Å². The van der Waals surface area contributed by atoms with Crippen LogP contribution in [0.3, 0.4) is 0 Å². The van der Waals surface area contributed by atoms with Crippen molar-refractivity contribution in [1.29, 1.82) is 0 Å². The summed E-state index contributed by atoms with van der Waals surface area (Å²) in [5, 5.41) is 2.28. The molecule has 0 aromatic heterocycles. The summed E-state index contributed by atoms with van der Waals surface area (Å²) < 4.78 is 17.6. The Labute approximate surface area is 126 Å². The number of hydrogen-bond acceptors (Lipinski definition) is 4. The van der Waals surface area contributed by atoms with E-state index in [9.17, 15) is 18.8 Å². The summed E-state index contributed by atoms with van der Waals surface area (Å²) in [5.74, 6) is -1.26. The first-order valence-electron chi connectivity index (χ1n) is 6.77. The van der Waals surface area contributed by atoms with Gasteiger partial charge in [-0.1, -0.05) is 0 Å². The number of amides is 3. The topological polar surface area (TPSA) is 102 Å². The summed E-state index contributed by atoms with van der Waals surface area (Å²) in [4.78, 5) is 36.1. The second kappa shape index (κ2) is 6.88. The number of likely N-dealkylation sites (tertiary alicyclic amines) is 1. The average Bonchev–Trinajstić information content (AvgIpc) is 2.97. The van der Waals surface area contributed by atoms with Crippen LogP contribution < -0.4 is 15.8 Å². The molecule has 0 unspecified atom stereocenters. The Morgan fingerprint density at radius 1 is 1.32 bits per heavy atom. The summed E-state index contributed by atoms with van der Waals surface area (Å²) in [5.41, 5.74) is 5.22. The minimum atomic E-state index is -0.838. The molecule has 8 heteroatoms. The zero-order chi connectivity index (χ0) is 16.1. The van der Waals surface area contributed by atoms with E-state index in [-0.39, 0.29) is 12.3 Å². The molecule has 1 fully saturated rings. The molecular formula is C14H16FN3O4. The highest BCUT2D eigenvalue weighted by atomic mass is 19.1. The van der Waals surface area contributed by atoms with E-state index in [1.807, 2.05) is 0 Å². The van der Waals surface area contributed by atoms with Gasteiger partial charge in [0.05, 0.1) is 0 Å². The van der Waals surface area contributed by atoms with Crippen LogP contribution in [-0.2, 0) is 9.59 Å². The van der Waals surface area contributed by atoms with Crippen molar-refractivity contribution in [3.05, 3.63) is 30.1 Å². The fraction of sp³-hybridized carbons (Fsp3) is 0.357. The normalized spacial score (nSPS) is 17.1. The van der Waals surface area contributed by atoms with E-state index in [0.717, 1.165) is 12.1 Å². The lowest BCUT2D eigenvalue weighted by Crippen LogP contribution is -2.47. The van der Waals surface area contributed by atoms with Crippen LogP contribution in [0.4, 0.5) is 9.18 Å². The van der Waals surface area contributed by atoms with Crippen LogP contribution in [0.5, 0.6) is 5.75 Å². The van der Waals surface area contributed by atoms with Crippen LogP contribution in [-0.4, -0.2) is 41.9 Å². The van der Waals surface area contributed by atoms with Crippen molar-refractivity contribution in [2.75, 3.05) is 13.1 Å². The van der Waals surface area contributed by atoms with Gasteiger partial charge in [-0.2, -0.15) is 0 Å². The van der Waals surface area contributed by atoms with Gasteiger partial charge in [-0.05, 0) is 37.1 Å². The third kappa shape index (κ3) is 3.94. The molecular weight excluding hydrogens is 293 g/mol. The van der Waals surface area contributed by atoms with Crippen molar-refractivity contribution in [1.82, 2.24) is 10.2 Å². The molecule has 1 aliphatic heterocycles. The van der Waals surface area contributed by atoms with E-state index in [1.54, 1.807) is 0 Å². The quantitative estimate of drug-likeness (QED) is 0.840. The zero-order valence-corrected chi connectivity index (χ0v) is 11.8. The largest absolute Gasteiger partial charge is 0.413 e. The molecule has 118 valence electrons. The third-order valence-electron chi connectivity index (χ3n) is 3.31. The molecule has 1 atom stereocenters. The number of nitrogens with one attached hydrogen (secondary N) is 1. The highest BCUT2D eigenvalue weighted by Crippen LogP contribution is 2.16. The van der Waals surface area contributed by atoms with Gasteiger partial charge in [-0.3, -0.25) is 9.59 Å². The molecule has 0 bridgehead atoms. The molecule has 2 rings (SSSR count). The van der Waals surface area contributed by atoms with E-state index < -0.39 is 29.8 Å². The number of halogens is 1. The molecule has 0 spiro atoms. The van der Waals surface area contributed by atoms with Crippen LogP contribution in [0.25, 0.3) is 0 Å². The molecule has 3 amide bonds.